The summed E-state index contributed by atoms with van der Waals surface area (Å²) in [5.41, 5.74) is 0. The molecule has 0 aliphatic carbocycles. The predicted molar refractivity (Wildman–Crippen MR) is 135 cm³/mol. The molecule has 0 aromatic rings. The molecule has 0 bridgehead atoms. The molecule has 0 aliphatic heterocycles. The van der Waals surface area contributed by atoms with E-state index < -0.39 is 12.0 Å². The normalized spacial score (nSPS) is 11.7. The van der Waals surface area contributed by atoms with Gasteiger partial charge in [-0.25, -0.2) is 4.79 Å². The summed E-state index contributed by atoms with van der Waals surface area (Å²) in [6.45, 7) is 5.85. The number of ether oxygens (including phenoxy) is 2. The van der Waals surface area contributed by atoms with E-state index in [1.807, 2.05) is 6.92 Å². The van der Waals surface area contributed by atoms with Crippen molar-refractivity contribution in [2.45, 2.75) is 110 Å². The van der Waals surface area contributed by atoms with E-state index in [0.717, 1.165) is 38.5 Å². The van der Waals surface area contributed by atoms with Crippen molar-refractivity contribution >= 4 is 23.6 Å². The first-order chi connectivity index (χ1) is 16.9. The van der Waals surface area contributed by atoms with Crippen LogP contribution in [0.25, 0.3) is 0 Å². The van der Waals surface area contributed by atoms with Crippen molar-refractivity contribution in [1.82, 2.24) is 10.6 Å². The first-order valence-electron chi connectivity index (χ1n) is 13.3. The van der Waals surface area contributed by atoms with Crippen LogP contribution in [0.3, 0.4) is 0 Å². The van der Waals surface area contributed by atoms with Crippen molar-refractivity contribution in [3.63, 3.8) is 0 Å². The second-order valence-electron chi connectivity index (χ2n) is 8.89. The molecule has 0 radical (unpaired) electrons. The molecule has 0 fully saturated rings. The summed E-state index contributed by atoms with van der Waals surface area (Å²) in [4.78, 5) is 46.3. The van der Waals surface area contributed by atoms with E-state index in [1.165, 1.54) is 25.7 Å². The van der Waals surface area contributed by atoms with Gasteiger partial charge in [0, 0.05) is 32.4 Å². The number of carbonyl (C=O) groups excluding carboxylic acids is 3. The Morgan fingerprint density at radius 3 is 1.80 bits per heavy atom. The van der Waals surface area contributed by atoms with Crippen LogP contribution < -0.4 is 10.6 Å². The fourth-order valence-corrected chi connectivity index (χ4v) is 3.59. The highest BCUT2D eigenvalue weighted by Crippen LogP contribution is 2.12. The molecule has 0 aromatic heterocycles. The van der Waals surface area contributed by atoms with Gasteiger partial charge in [-0.15, -0.1) is 0 Å². The molecule has 35 heavy (non-hydrogen) atoms. The summed E-state index contributed by atoms with van der Waals surface area (Å²) in [7, 11) is 0. The number of carbonyl (C=O) groups is 4. The summed E-state index contributed by atoms with van der Waals surface area (Å²) < 4.78 is 10.4. The minimum Gasteiger partial charge on any atom is -0.480 e. The van der Waals surface area contributed by atoms with Gasteiger partial charge in [0.2, 0.25) is 11.8 Å². The average molecular weight is 501 g/mol. The largest absolute Gasteiger partial charge is 0.480 e. The van der Waals surface area contributed by atoms with Crippen molar-refractivity contribution < 1.29 is 33.8 Å². The van der Waals surface area contributed by atoms with Gasteiger partial charge in [-0.05, 0) is 33.1 Å². The standard InChI is InChI=1S/C26H48N2O7/c1-3-34-20-21-35-19-18-27-24(30)17-16-23(26(32)33)28-25(31)15-13-11-9-7-5-4-6-8-10-12-14-22(2)29/h23H,3-21H2,1-2H3,(H,27,30)(H,28,31)(H,32,33)/t23-/m1/s1. The van der Waals surface area contributed by atoms with Gasteiger partial charge in [-0.3, -0.25) is 9.59 Å². The van der Waals surface area contributed by atoms with Crippen molar-refractivity contribution in [1.29, 1.82) is 0 Å². The van der Waals surface area contributed by atoms with Crippen molar-refractivity contribution in [2.24, 2.45) is 0 Å². The van der Waals surface area contributed by atoms with Crippen LogP contribution in [0.4, 0.5) is 0 Å². The first kappa shape index (κ1) is 33.0. The summed E-state index contributed by atoms with van der Waals surface area (Å²) in [5, 5.41) is 14.6. The van der Waals surface area contributed by atoms with Crippen molar-refractivity contribution in [3.8, 4) is 0 Å². The van der Waals surface area contributed by atoms with E-state index in [4.69, 9.17) is 9.47 Å². The third kappa shape index (κ3) is 23.5. The molecular weight excluding hydrogens is 452 g/mol. The SMILES string of the molecule is CCOCCOCCNC(=O)CC[C@@H](NC(=O)CCCCCCCCCCCCC(C)=O)C(=O)O. The van der Waals surface area contributed by atoms with Crippen LogP contribution in [0, 0.1) is 0 Å². The quantitative estimate of drug-likeness (QED) is 0.163. The molecule has 3 N–H and O–H groups in total. The van der Waals surface area contributed by atoms with Gasteiger partial charge in [0.1, 0.15) is 11.8 Å². The van der Waals surface area contributed by atoms with Crippen LogP contribution in [0.1, 0.15) is 104 Å². The zero-order valence-corrected chi connectivity index (χ0v) is 21.9. The second kappa shape index (κ2) is 23.7. The third-order valence-electron chi connectivity index (χ3n) is 5.62. The molecule has 0 saturated carbocycles. The summed E-state index contributed by atoms with van der Waals surface area (Å²) in [6, 6.07) is -1.06. The number of Topliss-reactive ketones (excluding diaryl/α,β-unsaturated/α-hetero) is 1. The smallest absolute Gasteiger partial charge is 0.326 e. The molecule has 0 saturated heterocycles. The lowest BCUT2D eigenvalue weighted by molar-refractivity contribution is -0.142. The molecule has 0 spiro atoms. The summed E-state index contributed by atoms with van der Waals surface area (Å²) in [6.07, 6.45) is 11.8. The molecule has 0 aromatic carbocycles. The second-order valence-corrected chi connectivity index (χ2v) is 8.89. The molecule has 1 atom stereocenters. The van der Waals surface area contributed by atoms with Crippen LogP contribution in [-0.2, 0) is 28.7 Å². The minimum absolute atomic E-state index is 0.0208. The van der Waals surface area contributed by atoms with E-state index in [2.05, 4.69) is 10.6 Å². The van der Waals surface area contributed by atoms with Crippen LogP contribution in [-0.4, -0.2) is 67.7 Å². The molecule has 0 aliphatic rings. The molecule has 9 nitrogen and oxygen atoms in total. The van der Waals surface area contributed by atoms with Gasteiger partial charge in [0.25, 0.3) is 0 Å². The number of aliphatic carboxylic acids is 1. The zero-order valence-electron chi connectivity index (χ0n) is 21.9. The van der Waals surface area contributed by atoms with Gasteiger partial charge in [0.05, 0.1) is 19.8 Å². The van der Waals surface area contributed by atoms with E-state index >= 15 is 0 Å². The Morgan fingerprint density at radius 1 is 0.714 bits per heavy atom. The van der Waals surface area contributed by atoms with Gasteiger partial charge in [0.15, 0.2) is 0 Å². The Morgan fingerprint density at radius 2 is 1.26 bits per heavy atom. The van der Waals surface area contributed by atoms with Crippen LogP contribution in [0.15, 0.2) is 0 Å². The number of rotatable bonds is 25. The highest BCUT2D eigenvalue weighted by atomic mass is 16.5. The lowest BCUT2D eigenvalue weighted by atomic mass is 10.0. The van der Waals surface area contributed by atoms with Gasteiger partial charge >= 0.3 is 5.97 Å². The Kier molecular flexibility index (Phi) is 22.4. The lowest BCUT2D eigenvalue weighted by Crippen LogP contribution is -2.41. The maximum Gasteiger partial charge on any atom is 0.326 e. The molecule has 204 valence electrons. The maximum absolute atomic E-state index is 12.1. The molecule has 0 rings (SSSR count). The predicted octanol–water partition coefficient (Wildman–Crippen LogP) is 3.78. The number of hydrogen-bond acceptors (Lipinski definition) is 6. The highest BCUT2D eigenvalue weighted by Gasteiger charge is 2.20. The van der Waals surface area contributed by atoms with Gasteiger partial charge < -0.3 is 30.0 Å². The van der Waals surface area contributed by atoms with Gasteiger partial charge in [-0.2, -0.15) is 0 Å². The molecular formula is C26H48N2O7. The van der Waals surface area contributed by atoms with Gasteiger partial charge in [-0.1, -0.05) is 51.4 Å². The van der Waals surface area contributed by atoms with E-state index in [-0.39, 0.29) is 30.4 Å². The van der Waals surface area contributed by atoms with E-state index in [0.29, 0.717) is 45.8 Å². The summed E-state index contributed by atoms with van der Waals surface area (Å²) >= 11 is 0. The number of amides is 2. The lowest BCUT2D eigenvalue weighted by Gasteiger charge is -2.14. The zero-order chi connectivity index (χ0) is 26.2. The van der Waals surface area contributed by atoms with E-state index in [1.54, 1.807) is 6.92 Å². The molecule has 0 heterocycles. The molecule has 9 heteroatoms. The topological polar surface area (TPSA) is 131 Å². The summed E-state index contributed by atoms with van der Waals surface area (Å²) in [5.74, 6) is -1.42. The van der Waals surface area contributed by atoms with Crippen molar-refractivity contribution in [2.75, 3.05) is 33.0 Å². The number of unbranched alkanes of at least 4 members (excludes halogenated alkanes) is 9. The fraction of sp³-hybridized carbons (Fsp3) is 0.846. The van der Waals surface area contributed by atoms with Crippen LogP contribution in [0.2, 0.25) is 0 Å². The monoisotopic (exact) mass is 500 g/mol. The first-order valence-corrected chi connectivity index (χ1v) is 13.3. The molecule has 2 amide bonds. The number of ketones is 1. The average Bonchev–Trinajstić information content (AvgIpc) is 2.81. The number of hydrogen-bond donors (Lipinski definition) is 3. The van der Waals surface area contributed by atoms with Crippen LogP contribution in [0.5, 0.6) is 0 Å². The number of carboxylic acid groups (broad SMARTS) is 1. The minimum atomic E-state index is -1.13. The molecule has 0 unspecified atom stereocenters. The third-order valence-corrected chi connectivity index (χ3v) is 5.62. The van der Waals surface area contributed by atoms with Crippen molar-refractivity contribution in [3.05, 3.63) is 0 Å². The highest BCUT2D eigenvalue weighted by molar-refractivity contribution is 5.84. The Labute approximate surface area is 211 Å². The fourth-order valence-electron chi connectivity index (χ4n) is 3.59. The van der Waals surface area contributed by atoms with E-state index in [9.17, 15) is 24.3 Å². The number of carboxylic acids is 1. The Bertz CT molecular complexity index is 584. The van der Waals surface area contributed by atoms with Crippen LogP contribution >= 0.6 is 0 Å². The maximum atomic E-state index is 12.1. The number of nitrogens with one attached hydrogen (secondary N) is 2. The Hall–Kier alpha value is -2.00. The Balaban J connectivity index is 3.73.